The number of likely N-dealkylation sites (tertiary alicyclic amines) is 2. The van der Waals surface area contributed by atoms with Crippen molar-refractivity contribution in [2.75, 3.05) is 33.3 Å². The van der Waals surface area contributed by atoms with Crippen LogP contribution in [0, 0.1) is 5.92 Å². The van der Waals surface area contributed by atoms with E-state index < -0.39 is 0 Å². The number of carbonyl (C=O) groups is 2. The van der Waals surface area contributed by atoms with Crippen LogP contribution >= 0.6 is 0 Å². The summed E-state index contributed by atoms with van der Waals surface area (Å²) in [5.74, 6) is 1.01. The van der Waals surface area contributed by atoms with Crippen LogP contribution in [0.1, 0.15) is 48.9 Å². The molecule has 3 rings (SSSR count). The van der Waals surface area contributed by atoms with Crippen molar-refractivity contribution in [3.63, 3.8) is 0 Å². The Morgan fingerprint density at radius 2 is 1.96 bits per heavy atom. The van der Waals surface area contributed by atoms with E-state index >= 15 is 0 Å². The predicted octanol–water partition coefficient (Wildman–Crippen LogP) is 2.35. The summed E-state index contributed by atoms with van der Waals surface area (Å²) < 4.78 is 5.21. The van der Waals surface area contributed by atoms with Gasteiger partial charge in [0.1, 0.15) is 5.56 Å². The normalized spacial score (nSPS) is 20.6. The van der Waals surface area contributed by atoms with Crippen molar-refractivity contribution in [3.05, 3.63) is 23.9 Å². The van der Waals surface area contributed by atoms with Gasteiger partial charge in [0.25, 0.3) is 5.91 Å². The Balaban J connectivity index is 1.55. The summed E-state index contributed by atoms with van der Waals surface area (Å²) in [6.07, 6.45) is 7.41. The predicted molar refractivity (Wildman–Crippen MR) is 94.5 cm³/mol. The number of ether oxygens (including phenoxy) is 1. The Hall–Kier alpha value is -2.11. The third-order valence-electron chi connectivity index (χ3n) is 5.23. The van der Waals surface area contributed by atoms with Gasteiger partial charge in [0.15, 0.2) is 0 Å². The molecule has 6 heteroatoms. The zero-order valence-corrected chi connectivity index (χ0v) is 14.9. The molecule has 1 atom stereocenters. The van der Waals surface area contributed by atoms with E-state index in [1.165, 1.54) is 7.11 Å². The molecule has 0 spiro atoms. The van der Waals surface area contributed by atoms with Crippen LogP contribution < -0.4 is 4.74 Å². The number of aromatic nitrogens is 1. The number of hydrogen-bond donors (Lipinski definition) is 0. The molecule has 2 aliphatic rings. The van der Waals surface area contributed by atoms with Gasteiger partial charge in [0, 0.05) is 38.8 Å². The molecule has 2 saturated heterocycles. The maximum absolute atomic E-state index is 12.8. The van der Waals surface area contributed by atoms with Gasteiger partial charge in [-0.15, -0.1) is 0 Å². The standard InChI is InChI=1S/C19H27N3O3/c1-25-18-16(7-4-10-20-18)19(24)22-13-5-6-15(14-22)8-9-17(23)21-11-2-3-12-21/h4,7,10,15H,2-3,5-6,8-9,11-14H2,1H3. The minimum atomic E-state index is -0.0273. The Bertz CT molecular complexity index is 614. The second-order valence-corrected chi connectivity index (χ2v) is 6.95. The molecule has 0 bridgehead atoms. The summed E-state index contributed by atoms with van der Waals surface area (Å²) in [5, 5.41) is 0. The highest BCUT2D eigenvalue weighted by atomic mass is 16.5. The fourth-order valence-electron chi connectivity index (χ4n) is 3.82. The SMILES string of the molecule is COc1ncccc1C(=O)N1CCCC(CCC(=O)N2CCCC2)C1. The molecule has 1 unspecified atom stereocenters. The van der Waals surface area contributed by atoms with Gasteiger partial charge >= 0.3 is 0 Å². The van der Waals surface area contributed by atoms with E-state index in [0.29, 0.717) is 30.3 Å². The minimum absolute atomic E-state index is 0.0273. The first-order chi connectivity index (χ1) is 12.2. The Kier molecular flexibility index (Phi) is 5.89. The molecule has 2 aliphatic heterocycles. The lowest BCUT2D eigenvalue weighted by molar-refractivity contribution is -0.130. The molecule has 136 valence electrons. The van der Waals surface area contributed by atoms with Gasteiger partial charge in [-0.3, -0.25) is 9.59 Å². The number of rotatable bonds is 5. The van der Waals surface area contributed by atoms with Crippen LogP contribution in [0.5, 0.6) is 5.88 Å². The molecule has 1 aromatic rings. The summed E-state index contributed by atoms with van der Waals surface area (Å²) >= 11 is 0. The average Bonchev–Trinajstić information content (AvgIpc) is 3.20. The lowest BCUT2D eigenvalue weighted by Gasteiger charge is -2.33. The van der Waals surface area contributed by atoms with Gasteiger partial charge in [0.2, 0.25) is 11.8 Å². The largest absolute Gasteiger partial charge is 0.480 e. The zero-order chi connectivity index (χ0) is 17.6. The zero-order valence-electron chi connectivity index (χ0n) is 14.9. The molecular formula is C19H27N3O3. The van der Waals surface area contributed by atoms with Crippen LogP contribution in [0.25, 0.3) is 0 Å². The summed E-state index contributed by atoms with van der Waals surface area (Å²) in [6, 6.07) is 3.51. The number of nitrogens with zero attached hydrogens (tertiary/aromatic N) is 3. The topological polar surface area (TPSA) is 62.7 Å². The second kappa shape index (κ2) is 8.32. The highest BCUT2D eigenvalue weighted by Gasteiger charge is 2.27. The van der Waals surface area contributed by atoms with Gasteiger partial charge in [-0.2, -0.15) is 0 Å². The molecule has 6 nitrogen and oxygen atoms in total. The molecule has 25 heavy (non-hydrogen) atoms. The number of methoxy groups -OCH3 is 1. The highest BCUT2D eigenvalue weighted by Crippen LogP contribution is 2.25. The van der Waals surface area contributed by atoms with Gasteiger partial charge in [-0.1, -0.05) is 0 Å². The van der Waals surface area contributed by atoms with E-state index in [2.05, 4.69) is 4.98 Å². The quantitative estimate of drug-likeness (QED) is 0.822. The summed E-state index contributed by atoms with van der Waals surface area (Å²) in [7, 11) is 1.53. The van der Waals surface area contributed by atoms with Gasteiger partial charge < -0.3 is 14.5 Å². The van der Waals surface area contributed by atoms with Gasteiger partial charge in [0.05, 0.1) is 7.11 Å². The van der Waals surface area contributed by atoms with Crippen LogP contribution in [0.4, 0.5) is 0 Å². The molecule has 0 aromatic carbocycles. The maximum atomic E-state index is 12.8. The first-order valence-corrected chi connectivity index (χ1v) is 9.25. The van der Waals surface area contributed by atoms with Crippen LogP contribution in [-0.2, 0) is 4.79 Å². The summed E-state index contributed by atoms with van der Waals surface area (Å²) in [4.78, 5) is 33.0. The van der Waals surface area contributed by atoms with Crippen molar-refractivity contribution in [1.82, 2.24) is 14.8 Å². The van der Waals surface area contributed by atoms with E-state index in [9.17, 15) is 9.59 Å². The monoisotopic (exact) mass is 345 g/mol. The fourth-order valence-corrected chi connectivity index (χ4v) is 3.82. The number of hydrogen-bond acceptors (Lipinski definition) is 4. The van der Waals surface area contributed by atoms with E-state index in [1.54, 1.807) is 18.3 Å². The van der Waals surface area contributed by atoms with Crippen molar-refractivity contribution < 1.29 is 14.3 Å². The van der Waals surface area contributed by atoms with E-state index in [-0.39, 0.29) is 11.8 Å². The first-order valence-electron chi connectivity index (χ1n) is 9.25. The van der Waals surface area contributed by atoms with Crippen molar-refractivity contribution in [3.8, 4) is 5.88 Å². The molecule has 0 saturated carbocycles. The van der Waals surface area contributed by atoms with E-state index in [0.717, 1.165) is 51.7 Å². The van der Waals surface area contributed by atoms with E-state index in [1.807, 2.05) is 9.80 Å². The van der Waals surface area contributed by atoms with Crippen LogP contribution in [0.3, 0.4) is 0 Å². The molecule has 0 radical (unpaired) electrons. The molecule has 1 aromatic heterocycles. The third kappa shape index (κ3) is 4.30. The Morgan fingerprint density at radius 1 is 1.20 bits per heavy atom. The maximum Gasteiger partial charge on any atom is 0.259 e. The molecule has 2 amide bonds. The molecule has 2 fully saturated rings. The number of piperidine rings is 1. The first kappa shape index (κ1) is 17.7. The van der Waals surface area contributed by atoms with Crippen molar-refractivity contribution >= 4 is 11.8 Å². The van der Waals surface area contributed by atoms with Crippen molar-refractivity contribution in [2.45, 2.75) is 38.5 Å². The smallest absolute Gasteiger partial charge is 0.259 e. The third-order valence-corrected chi connectivity index (χ3v) is 5.23. The lowest BCUT2D eigenvalue weighted by Crippen LogP contribution is -2.40. The van der Waals surface area contributed by atoms with Crippen LogP contribution in [0.15, 0.2) is 18.3 Å². The summed E-state index contributed by atoms with van der Waals surface area (Å²) in [6.45, 7) is 3.29. The Labute approximate surface area is 149 Å². The highest BCUT2D eigenvalue weighted by molar-refractivity contribution is 5.96. The minimum Gasteiger partial charge on any atom is -0.480 e. The van der Waals surface area contributed by atoms with Crippen molar-refractivity contribution in [2.24, 2.45) is 5.92 Å². The number of carbonyl (C=O) groups excluding carboxylic acids is 2. The van der Waals surface area contributed by atoms with Crippen LogP contribution in [0.2, 0.25) is 0 Å². The molecule has 0 N–H and O–H groups in total. The summed E-state index contributed by atoms with van der Waals surface area (Å²) in [5.41, 5.74) is 0.513. The number of amides is 2. The molecular weight excluding hydrogens is 318 g/mol. The van der Waals surface area contributed by atoms with Crippen molar-refractivity contribution in [1.29, 1.82) is 0 Å². The molecule has 0 aliphatic carbocycles. The molecule has 3 heterocycles. The average molecular weight is 345 g/mol. The lowest BCUT2D eigenvalue weighted by atomic mass is 9.92. The van der Waals surface area contributed by atoms with Gasteiger partial charge in [-0.25, -0.2) is 4.98 Å². The van der Waals surface area contributed by atoms with Crippen LogP contribution in [-0.4, -0.2) is 59.9 Å². The second-order valence-electron chi connectivity index (χ2n) is 6.95. The van der Waals surface area contributed by atoms with Gasteiger partial charge in [-0.05, 0) is 50.2 Å². The fraction of sp³-hybridized carbons (Fsp3) is 0.632. The van der Waals surface area contributed by atoms with E-state index in [4.69, 9.17) is 4.74 Å². The number of pyridine rings is 1. The Morgan fingerprint density at radius 3 is 2.72 bits per heavy atom.